The highest BCUT2D eigenvalue weighted by atomic mass is 19.4. The molecule has 1 amide bonds. The molecule has 2 aromatic heterocycles. The molecule has 0 aliphatic heterocycles. The molecule has 7 nitrogen and oxygen atoms in total. The summed E-state index contributed by atoms with van der Waals surface area (Å²) in [7, 11) is 1.73. The summed E-state index contributed by atoms with van der Waals surface area (Å²) in [5.74, 6) is -0.555. The number of nitrogens with one attached hydrogen (secondary N) is 2. The number of pyridine rings is 1. The summed E-state index contributed by atoms with van der Waals surface area (Å²) in [6, 6.07) is 6.05. The summed E-state index contributed by atoms with van der Waals surface area (Å²) in [5.41, 5.74) is 6.59. The number of aromatic nitrogens is 3. The number of rotatable bonds is 6. The summed E-state index contributed by atoms with van der Waals surface area (Å²) < 4.78 is 42.3. The quantitative estimate of drug-likeness (QED) is 0.555. The Hall–Kier alpha value is -3.56. The molecule has 0 unspecified atom stereocenters. The number of alkyl halides is 3. The Bertz CT molecular complexity index is 1090. The lowest BCUT2D eigenvalue weighted by molar-refractivity contribution is -0.137. The molecule has 30 heavy (non-hydrogen) atoms. The highest BCUT2D eigenvalue weighted by Crippen LogP contribution is 2.38. The van der Waals surface area contributed by atoms with Crippen molar-refractivity contribution in [3.63, 3.8) is 0 Å². The van der Waals surface area contributed by atoms with Gasteiger partial charge in [0.25, 0.3) is 5.91 Å². The predicted octanol–water partition coefficient (Wildman–Crippen LogP) is 4.29. The van der Waals surface area contributed by atoms with E-state index in [0.717, 1.165) is 11.8 Å². The van der Waals surface area contributed by atoms with Crippen molar-refractivity contribution in [2.45, 2.75) is 26.4 Å². The number of carbonyl (C=O) groups excluding carboxylic acids is 1. The van der Waals surface area contributed by atoms with Crippen LogP contribution in [0.2, 0.25) is 0 Å². The van der Waals surface area contributed by atoms with Crippen LogP contribution in [0.25, 0.3) is 0 Å². The molecular formula is C20H21F3N6O. The van der Waals surface area contributed by atoms with Crippen molar-refractivity contribution in [1.82, 2.24) is 14.8 Å². The van der Waals surface area contributed by atoms with E-state index in [9.17, 15) is 18.0 Å². The van der Waals surface area contributed by atoms with Gasteiger partial charge >= 0.3 is 6.18 Å². The first-order chi connectivity index (χ1) is 14.1. The lowest BCUT2D eigenvalue weighted by atomic mass is 10.1. The molecule has 1 aromatic carbocycles. The van der Waals surface area contributed by atoms with Crippen LogP contribution >= 0.6 is 0 Å². The average molecular weight is 418 g/mol. The van der Waals surface area contributed by atoms with Gasteiger partial charge in [0.15, 0.2) is 0 Å². The van der Waals surface area contributed by atoms with Gasteiger partial charge < -0.3 is 16.4 Å². The molecule has 0 atom stereocenters. The fourth-order valence-electron chi connectivity index (χ4n) is 2.99. The highest BCUT2D eigenvalue weighted by molar-refractivity contribution is 5.99. The number of nitrogens with zero attached hydrogens (tertiary/aromatic N) is 3. The normalized spacial score (nSPS) is 11.4. The van der Waals surface area contributed by atoms with Gasteiger partial charge in [-0.05, 0) is 31.0 Å². The molecule has 0 fully saturated rings. The van der Waals surface area contributed by atoms with Crippen molar-refractivity contribution in [2.24, 2.45) is 12.8 Å². The minimum Gasteiger partial charge on any atom is -0.366 e. The van der Waals surface area contributed by atoms with E-state index in [-0.39, 0.29) is 22.8 Å². The number of anilines is 4. The first kappa shape index (κ1) is 21.2. The van der Waals surface area contributed by atoms with E-state index in [1.54, 1.807) is 37.0 Å². The van der Waals surface area contributed by atoms with Crippen molar-refractivity contribution in [1.29, 1.82) is 0 Å². The molecule has 3 rings (SSSR count). The zero-order chi connectivity index (χ0) is 22.1. The van der Waals surface area contributed by atoms with Gasteiger partial charge in [0.05, 0.1) is 33.9 Å². The largest absolute Gasteiger partial charge is 0.419 e. The SMILES string of the molecule is CCc1ccc(C(N)=O)c(Nc2cc(Nc3cn(C)nc3C)ncc2C(F)(F)F)c1. The number of benzene rings is 1. The van der Waals surface area contributed by atoms with E-state index in [2.05, 4.69) is 20.7 Å². The molecule has 10 heteroatoms. The van der Waals surface area contributed by atoms with Crippen LogP contribution in [0.4, 0.5) is 36.1 Å². The molecule has 0 saturated heterocycles. The van der Waals surface area contributed by atoms with Gasteiger partial charge in [-0.25, -0.2) is 4.98 Å². The fraction of sp³-hybridized carbons (Fsp3) is 0.250. The number of aryl methyl sites for hydroxylation is 3. The van der Waals surface area contributed by atoms with Gasteiger partial charge in [-0.3, -0.25) is 9.48 Å². The fourth-order valence-corrected chi connectivity index (χ4v) is 2.99. The van der Waals surface area contributed by atoms with Crippen LogP contribution in [-0.4, -0.2) is 20.7 Å². The molecule has 0 aliphatic carbocycles. The average Bonchev–Trinajstić information content (AvgIpc) is 2.97. The second-order valence-electron chi connectivity index (χ2n) is 6.76. The van der Waals surface area contributed by atoms with Crippen LogP contribution in [0.15, 0.2) is 36.7 Å². The minimum absolute atomic E-state index is 0.0924. The maximum Gasteiger partial charge on any atom is 0.419 e. The summed E-state index contributed by atoms with van der Waals surface area (Å²) in [6.07, 6.45) is -1.57. The standard InChI is InChI=1S/C20H21F3N6O/c1-4-12-5-6-13(19(24)30)15(7-12)26-16-8-18(25-9-14(16)20(21,22)23)27-17-10-29(3)28-11(17)2/h5-10H,4H2,1-3H3,(H2,24,30)(H2,25,26,27). The molecule has 158 valence electrons. The lowest BCUT2D eigenvalue weighted by Crippen LogP contribution is -2.15. The Kier molecular flexibility index (Phi) is 5.68. The molecule has 4 N–H and O–H groups in total. The Morgan fingerprint density at radius 3 is 2.47 bits per heavy atom. The van der Waals surface area contributed by atoms with Crippen molar-refractivity contribution in [3.05, 3.63) is 59.0 Å². The van der Waals surface area contributed by atoms with Crippen LogP contribution in [0, 0.1) is 6.92 Å². The van der Waals surface area contributed by atoms with Gasteiger partial charge in [0, 0.05) is 25.5 Å². The van der Waals surface area contributed by atoms with Crippen LogP contribution in [0.1, 0.15) is 34.1 Å². The number of carbonyl (C=O) groups is 1. The molecular weight excluding hydrogens is 397 g/mol. The number of halogens is 3. The molecule has 0 spiro atoms. The number of primary amides is 1. The Labute approximate surface area is 171 Å². The second-order valence-corrected chi connectivity index (χ2v) is 6.76. The van der Waals surface area contributed by atoms with E-state index in [1.807, 2.05) is 6.92 Å². The molecule has 0 saturated carbocycles. The number of nitrogens with two attached hydrogens (primary N) is 1. The maximum atomic E-state index is 13.6. The van der Waals surface area contributed by atoms with E-state index >= 15 is 0 Å². The molecule has 2 heterocycles. The monoisotopic (exact) mass is 418 g/mol. The van der Waals surface area contributed by atoms with Crippen molar-refractivity contribution < 1.29 is 18.0 Å². The van der Waals surface area contributed by atoms with Crippen molar-refractivity contribution in [2.75, 3.05) is 10.6 Å². The zero-order valence-electron chi connectivity index (χ0n) is 16.6. The minimum atomic E-state index is -4.65. The third-order valence-corrected chi connectivity index (χ3v) is 4.51. The summed E-state index contributed by atoms with van der Waals surface area (Å²) in [5, 5.41) is 9.88. The first-order valence-electron chi connectivity index (χ1n) is 9.12. The van der Waals surface area contributed by atoms with Crippen LogP contribution in [0.3, 0.4) is 0 Å². The van der Waals surface area contributed by atoms with E-state index in [4.69, 9.17) is 5.73 Å². The predicted molar refractivity (Wildman–Crippen MR) is 108 cm³/mol. The third-order valence-electron chi connectivity index (χ3n) is 4.51. The number of amides is 1. The Morgan fingerprint density at radius 2 is 1.90 bits per heavy atom. The molecule has 0 radical (unpaired) electrons. The molecule has 0 bridgehead atoms. The topological polar surface area (TPSA) is 97.9 Å². The zero-order valence-corrected chi connectivity index (χ0v) is 16.6. The van der Waals surface area contributed by atoms with E-state index in [1.165, 1.54) is 12.1 Å². The van der Waals surface area contributed by atoms with E-state index < -0.39 is 17.6 Å². The maximum absolute atomic E-state index is 13.6. The summed E-state index contributed by atoms with van der Waals surface area (Å²) >= 11 is 0. The lowest BCUT2D eigenvalue weighted by Gasteiger charge is -2.18. The van der Waals surface area contributed by atoms with Gasteiger partial charge in [-0.1, -0.05) is 13.0 Å². The molecule has 0 aliphatic rings. The third kappa shape index (κ3) is 4.53. The number of hydrogen-bond acceptors (Lipinski definition) is 5. The van der Waals surface area contributed by atoms with E-state index in [0.29, 0.717) is 17.8 Å². The van der Waals surface area contributed by atoms with Crippen LogP contribution in [0.5, 0.6) is 0 Å². The second kappa shape index (κ2) is 8.05. The summed E-state index contributed by atoms with van der Waals surface area (Å²) in [6.45, 7) is 3.66. The van der Waals surface area contributed by atoms with Crippen molar-refractivity contribution in [3.8, 4) is 0 Å². The van der Waals surface area contributed by atoms with Crippen LogP contribution < -0.4 is 16.4 Å². The highest BCUT2D eigenvalue weighted by Gasteiger charge is 2.34. The summed E-state index contributed by atoms with van der Waals surface area (Å²) in [4.78, 5) is 15.7. The Balaban J connectivity index is 2.06. The van der Waals surface area contributed by atoms with Gasteiger partial charge in [0.1, 0.15) is 5.82 Å². The molecule has 3 aromatic rings. The van der Waals surface area contributed by atoms with Crippen LogP contribution in [-0.2, 0) is 19.6 Å². The van der Waals surface area contributed by atoms with Gasteiger partial charge in [-0.2, -0.15) is 18.3 Å². The van der Waals surface area contributed by atoms with Gasteiger partial charge in [0.2, 0.25) is 0 Å². The number of hydrogen-bond donors (Lipinski definition) is 3. The Morgan fingerprint density at radius 1 is 1.17 bits per heavy atom. The first-order valence-corrected chi connectivity index (χ1v) is 9.12. The van der Waals surface area contributed by atoms with Gasteiger partial charge in [-0.15, -0.1) is 0 Å². The smallest absolute Gasteiger partial charge is 0.366 e. The van der Waals surface area contributed by atoms with Crippen molar-refractivity contribution >= 4 is 28.8 Å².